The van der Waals surface area contributed by atoms with E-state index >= 15 is 0 Å². The molecule has 2 aromatic rings. The van der Waals surface area contributed by atoms with Gasteiger partial charge in [0.05, 0.1) is 27.0 Å². The van der Waals surface area contributed by atoms with Crippen LogP contribution in [0.25, 0.3) is 0 Å². The average molecular weight is 366 g/mol. The Kier molecular flexibility index (Phi) is 5.76. The highest BCUT2D eigenvalue weighted by atomic mass is 32.2. The van der Waals surface area contributed by atoms with E-state index in [4.69, 9.17) is 19.9 Å². The van der Waals surface area contributed by atoms with Gasteiger partial charge in [-0.3, -0.25) is 0 Å². The van der Waals surface area contributed by atoms with Crippen LogP contribution in [-0.2, 0) is 16.6 Å². The first-order valence-electron chi connectivity index (χ1n) is 7.44. The second-order valence-corrected chi connectivity index (χ2v) is 7.36. The molecule has 0 aromatic heterocycles. The first kappa shape index (κ1) is 18.9. The van der Waals surface area contributed by atoms with Gasteiger partial charge in [-0.05, 0) is 18.2 Å². The highest BCUT2D eigenvalue weighted by Gasteiger charge is 2.24. The second-order valence-electron chi connectivity index (χ2n) is 5.34. The number of nitrogens with zero attached hydrogens (tertiary/aromatic N) is 1. The number of benzene rings is 2. The number of ether oxygens (including phenoxy) is 3. The van der Waals surface area contributed by atoms with Crippen molar-refractivity contribution < 1.29 is 22.6 Å². The maximum Gasteiger partial charge on any atom is 0.245 e. The number of hydrogen-bond acceptors (Lipinski definition) is 6. The molecule has 0 bridgehead atoms. The van der Waals surface area contributed by atoms with Crippen LogP contribution in [-0.4, -0.2) is 41.1 Å². The molecule has 0 amide bonds. The van der Waals surface area contributed by atoms with Gasteiger partial charge in [0.15, 0.2) is 0 Å². The molecule has 0 aliphatic rings. The molecule has 0 unspecified atom stereocenters. The lowest BCUT2D eigenvalue weighted by Gasteiger charge is -2.20. The van der Waals surface area contributed by atoms with Crippen LogP contribution >= 0.6 is 0 Å². The molecule has 2 aromatic carbocycles. The van der Waals surface area contributed by atoms with Gasteiger partial charge in [0, 0.05) is 31.3 Å². The smallest absolute Gasteiger partial charge is 0.245 e. The number of nitrogens with two attached hydrogens (primary N) is 1. The van der Waals surface area contributed by atoms with Gasteiger partial charge in [0.2, 0.25) is 10.0 Å². The van der Waals surface area contributed by atoms with Gasteiger partial charge in [0.1, 0.15) is 22.1 Å². The van der Waals surface area contributed by atoms with E-state index in [-0.39, 0.29) is 17.1 Å². The quantitative estimate of drug-likeness (QED) is 0.755. The zero-order chi connectivity index (χ0) is 18.6. The predicted octanol–water partition coefficient (Wildman–Crippen LogP) is 2.12. The highest BCUT2D eigenvalue weighted by molar-refractivity contribution is 7.89. The third-order valence-electron chi connectivity index (χ3n) is 3.79. The van der Waals surface area contributed by atoms with Crippen LogP contribution in [0, 0.1) is 0 Å². The van der Waals surface area contributed by atoms with Gasteiger partial charge in [0.25, 0.3) is 0 Å². The number of anilines is 1. The Labute approximate surface area is 148 Å². The number of hydrogen-bond donors (Lipinski definition) is 1. The molecule has 136 valence electrons. The number of sulfonamides is 1. The highest BCUT2D eigenvalue weighted by Crippen LogP contribution is 2.29. The maximum absolute atomic E-state index is 12.8. The van der Waals surface area contributed by atoms with E-state index in [1.54, 1.807) is 31.4 Å². The van der Waals surface area contributed by atoms with Crippen LogP contribution < -0.4 is 19.9 Å². The van der Waals surface area contributed by atoms with E-state index in [0.29, 0.717) is 22.8 Å². The molecule has 0 saturated carbocycles. The van der Waals surface area contributed by atoms with Gasteiger partial charge in [-0.1, -0.05) is 6.07 Å². The van der Waals surface area contributed by atoms with Gasteiger partial charge in [-0.2, -0.15) is 4.31 Å². The molecule has 0 fully saturated rings. The number of rotatable bonds is 7. The van der Waals surface area contributed by atoms with Gasteiger partial charge < -0.3 is 19.9 Å². The standard InChI is InChI=1S/C17H22N2O5S/c1-19(11-12-5-6-14(23-3)10-16(12)24-4)25(20,21)17-8-7-13(22-2)9-15(17)18/h5-10H,11,18H2,1-4H3. The molecule has 8 heteroatoms. The van der Waals surface area contributed by atoms with E-state index in [9.17, 15) is 8.42 Å². The summed E-state index contributed by atoms with van der Waals surface area (Å²) in [7, 11) is 2.29. The molecule has 0 radical (unpaired) electrons. The molecule has 0 heterocycles. The van der Waals surface area contributed by atoms with E-state index in [0.717, 1.165) is 0 Å². The van der Waals surface area contributed by atoms with Crippen molar-refractivity contribution in [1.29, 1.82) is 0 Å². The van der Waals surface area contributed by atoms with Crippen molar-refractivity contribution in [3.63, 3.8) is 0 Å². The molecule has 7 nitrogen and oxygen atoms in total. The predicted molar refractivity (Wildman–Crippen MR) is 95.6 cm³/mol. The van der Waals surface area contributed by atoms with Crippen molar-refractivity contribution in [2.45, 2.75) is 11.4 Å². The van der Waals surface area contributed by atoms with E-state index in [2.05, 4.69) is 0 Å². The lowest BCUT2D eigenvalue weighted by atomic mass is 10.2. The van der Waals surface area contributed by atoms with Crippen molar-refractivity contribution in [3.8, 4) is 17.2 Å². The van der Waals surface area contributed by atoms with E-state index in [1.807, 2.05) is 0 Å². The van der Waals surface area contributed by atoms with Crippen molar-refractivity contribution in [2.24, 2.45) is 0 Å². The topological polar surface area (TPSA) is 91.1 Å². The summed E-state index contributed by atoms with van der Waals surface area (Å²) in [6.07, 6.45) is 0. The largest absolute Gasteiger partial charge is 0.497 e. The van der Waals surface area contributed by atoms with Crippen LogP contribution in [0.4, 0.5) is 5.69 Å². The average Bonchev–Trinajstić information content (AvgIpc) is 2.61. The van der Waals surface area contributed by atoms with Crippen LogP contribution in [0.1, 0.15) is 5.56 Å². The van der Waals surface area contributed by atoms with Gasteiger partial charge >= 0.3 is 0 Å². The third kappa shape index (κ3) is 3.97. The minimum absolute atomic E-state index is 0.0308. The summed E-state index contributed by atoms with van der Waals surface area (Å²) in [4.78, 5) is 0.0308. The van der Waals surface area contributed by atoms with Gasteiger partial charge in [-0.25, -0.2) is 8.42 Å². The summed E-state index contributed by atoms with van der Waals surface area (Å²) in [5.41, 5.74) is 6.72. The molecule has 2 rings (SSSR count). The Bertz CT molecular complexity index is 852. The molecule has 2 N–H and O–H groups in total. The number of nitrogen functional groups attached to an aromatic ring is 1. The number of methoxy groups -OCH3 is 3. The molecule has 25 heavy (non-hydrogen) atoms. The van der Waals surface area contributed by atoms with E-state index in [1.165, 1.54) is 37.7 Å². The summed E-state index contributed by atoms with van der Waals surface area (Å²) < 4.78 is 42.4. The summed E-state index contributed by atoms with van der Waals surface area (Å²) in [5.74, 6) is 1.67. The SMILES string of the molecule is COc1ccc(S(=O)(=O)N(C)Cc2ccc(OC)cc2OC)c(N)c1. The Morgan fingerprint density at radius 1 is 0.960 bits per heavy atom. The lowest BCUT2D eigenvalue weighted by Crippen LogP contribution is -2.27. The molecule has 0 saturated heterocycles. The Balaban J connectivity index is 2.32. The maximum atomic E-state index is 12.8. The van der Waals surface area contributed by atoms with Crippen molar-refractivity contribution in [1.82, 2.24) is 4.31 Å². The van der Waals surface area contributed by atoms with Crippen LogP contribution in [0.15, 0.2) is 41.3 Å². The normalized spacial score (nSPS) is 11.4. The third-order valence-corrected chi connectivity index (χ3v) is 5.67. The summed E-state index contributed by atoms with van der Waals surface area (Å²) in [5, 5.41) is 0. The zero-order valence-electron chi connectivity index (χ0n) is 14.6. The molecule has 0 aliphatic carbocycles. The second kappa shape index (κ2) is 7.62. The Morgan fingerprint density at radius 2 is 1.56 bits per heavy atom. The summed E-state index contributed by atoms with van der Waals surface area (Å²) in [6.45, 7) is 0.126. The molecular formula is C17H22N2O5S. The molecule has 0 spiro atoms. The summed E-state index contributed by atoms with van der Waals surface area (Å²) in [6, 6.07) is 9.70. The van der Waals surface area contributed by atoms with Gasteiger partial charge in [-0.15, -0.1) is 0 Å². The lowest BCUT2D eigenvalue weighted by molar-refractivity contribution is 0.384. The van der Waals surface area contributed by atoms with Crippen LogP contribution in [0.3, 0.4) is 0 Å². The first-order valence-corrected chi connectivity index (χ1v) is 8.88. The van der Waals surface area contributed by atoms with Crippen molar-refractivity contribution in [2.75, 3.05) is 34.1 Å². The molecular weight excluding hydrogens is 344 g/mol. The van der Waals surface area contributed by atoms with Crippen molar-refractivity contribution >= 4 is 15.7 Å². The van der Waals surface area contributed by atoms with E-state index < -0.39 is 10.0 Å². The van der Waals surface area contributed by atoms with Crippen molar-refractivity contribution in [3.05, 3.63) is 42.0 Å². The fourth-order valence-corrected chi connectivity index (χ4v) is 3.61. The fourth-order valence-electron chi connectivity index (χ4n) is 2.36. The monoisotopic (exact) mass is 366 g/mol. The fraction of sp³-hybridized carbons (Fsp3) is 0.294. The minimum Gasteiger partial charge on any atom is -0.497 e. The van der Waals surface area contributed by atoms with Crippen LogP contribution in [0.5, 0.6) is 17.2 Å². The zero-order valence-corrected chi connectivity index (χ0v) is 15.5. The molecule has 0 aliphatic heterocycles. The Morgan fingerprint density at radius 3 is 2.12 bits per heavy atom. The minimum atomic E-state index is -3.77. The molecule has 0 atom stereocenters. The summed E-state index contributed by atoms with van der Waals surface area (Å²) >= 11 is 0. The first-order chi connectivity index (χ1) is 11.8. The van der Waals surface area contributed by atoms with Crippen LogP contribution in [0.2, 0.25) is 0 Å². The Hall–Kier alpha value is -2.45.